The van der Waals surface area contributed by atoms with E-state index in [1.807, 2.05) is 0 Å². The number of aliphatic carboxylic acids is 1. The van der Waals surface area contributed by atoms with Crippen molar-refractivity contribution < 1.29 is 24.2 Å². The van der Waals surface area contributed by atoms with Crippen molar-refractivity contribution in [1.29, 1.82) is 0 Å². The fourth-order valence-electron chi connectivity index (χ4n) is 2.66. The Morgan fingerprint density at radius 2 is 2.05 bits per heavy atom. The Balaban J connectivity index is 1.93. The first-order valence-electron chi connectivity index (χ1n) is 6.61. The Kier molecular flexibility index (Phi) is 3.22. The van der Waals surface area contributed by atoms with Crippen molar-refractivity contribution >= 4 is 11.9 Å². The molecular weight excluding hydrogens is 262 g/mol. The van der Waals surface area contributed by atoms with Crippen molar-refractivity contribution in [2.45, 2.75) is 18.9 Å². The maximum Gasteiger partial charge on any atom is 0.326 e. The van der Waals surface area contributed by atoms with Crippen LogP contribution in [0.2, 0.25) is 0 Å². The maximum atomic E-state index is 12.6. The summed E-state index contributed by atoms with van der Waals surface area (Å²) in [5.74, 6) is -0.317. The number of nitrogens with zero attached hydrogens (tertiary/aromatic N) is 1. The number of para-hydroxylation sites is 1. The van der Waals surface area contributed by atoms with Crippen LogP contribution in [0.3, 0.4) is 0 Å². The third kappa shape index (κ3) is 2.07. The second-order valence-corrected chi connectivity index (χ2v) is 4.82. The first-order chi connectivity index (χ1) is 9.68. The zero-order chi connectivity index (χ0) is 14.1. The minimum Gasteiger partial charge on any atom is -0.486 e. The fourth-order valence-corrected chi connectivity index (χ4v) is 2.66. The third-order valence-corrected chi connectivity index (χ3v) is 3.60. The average Bonchev–Trinajstić information content (AvgIpc) is 2.95. The molecule has 106 valence electrons. The molecule has 1 atom stereocenters. The fraction of sp³-hybridized carbons (Fsp3) is 0.429. The van der Waals surface area contributed by atoms with Crippen LogP contribution in [-0.2, 0) is 4.79 Å². The number of hydrogen-bond donors (Lipinski definition) is 1. The van der Waals surface area contributed by atoms with E-state index < -0.39 is 12.0 Å². The van der Waals surface area contributed by atoms with E-state index in [9.17, 15) is 9.59 Å². The Morgan fingerprint density at radius 1 is 1.25 bits per heavy atom. The lowest BCUT2D eigenvalue weighted by Gasteiger charge is -2.25. The van der Waals surface area contributed by atoms with Gasteiger partial charge in [0.25, 0.3) is 5.91 Å². The molecule has 1 amide bonds. The molecule has 0 spiro atoms. The summed E-state index contributed by atoms with van der Waals surface area (Å²) in [5, 5.41) is 9.17. The SMILES string of the molecule is O=C(O)[C@@H]1CCCN1C(=O)c1cccc2c1OCCO2. The lowest BCUT2D eigenvalue weighted by molar-refractivity contribution is -0.141. The summed E-state index contributed by atoms with van der Waals surface area (Å²) in [6, 6.07) is 4.35. The number of hydrogen-bond acceptors (Lipinski definition) is 4. The van der Waals surface area contributed by atoms with Gasteiger partial charge in [-0.3, -0.25) is 4.79 Å². The van der Waals surface area contributed by atoms with Crippen molar-refractivity contribution in [2.75, 3.05) is 19.8 Å². The summed E-state index contributed by atoms with van der Waals surface area (Å²) in [6.07, 6.45) is 1.20. The molecule has 6 nitrogen and oxygen atoms in total. The molecule has 0 unspecified atom stereocenters. The van der Waals surface area contributed by atoms with E-state index >= 15 is 0 Å². The largest absolute Gasteiger partial charge is 0.486 e. The number of carboxylic acid groups (broad SMARTS) is 1. The number of carboxylic acids is 1. The minimum absolute atomic E-state index is 0.308. The van der Waals surface area contributed by atoms with E-state index in [1.165, 1.54) is 4.90 Å². The van der Waals surface area contributed by atoms with Crippen LogP contribution in [0.1, 0.15) is 23.2 Å². The number of fused-ring (bicyclic) bond motifs is 1. The van der Waals surface area contributed by atoms with E-state index in [4.69, 9.17) is 14.6 Å². The molecule has 0 aliphatic carbocycles. The second-order valence-electron chi connectivity index (χ2n) is 4.82. The molecule has 1 N–H and O–H groups in total. The highest BCUT2D eigenvalue weighted by atomic mass is 16.6. The van der Waals surface area contributed by atoms with Crippen LogP contribution in [0.4, 0.5) is 0 Å². The summed E-state index contributed by atoms with van der Waals surface area (Å²) in [6.45, 7) is 1.30. The van der Waals surface area contributed by atoms with Gasteiger partial charge in [0, 0.05) is 6.54 Å². The average molecular weight is 277 g/mol. The number of carbonyl (C=O) groups is 2. The topological polar surface area (TPSA) is 76.1 Å². The summed E-state index contributed by atoms with van der Waals surface area (Å²) < 4.78 is 11.0. The van der Waals surface area contributed by atoms with E-state index in [-0.39, 0.29) is 5.91 Å². The molecule has 6 heteroatoms. The summed E-state index contributed by atoms with van der Waals surface area (Å²) >= 11 is 0. The Morgan fingerprint density at radius 3 is 2.85 bits per heavy atom. The highest BCUT2D eigenvalue weighted by molar-refractivity contribution is 6.00. The highest BCUT2D eigenvalue weighted by Crippen LogP contribution is 2.35. The summed E-state index contributed by atoms with van der Waals surface area (Å²) in [5.41, 5.74) is 0.371. The number of likely N-dealkylation sites (tertiary alicyclic amines) is 1. The quantitative estimate of drug-likeness (QED) is 0.877. The lowest BCUT2D eigenvalue weighted by Crippen LogP contribution is -2.40. The first-order valence-corrected chi connectivity index (χ1v) is 6.61. The van der Waals surface area contributed by atoms with Crippen LogP contribution in [0, 0.1) is 0 Å². The van der Waals surface area contributed by atoms with Gasteiger partial charge in [-0.2, -0.15) is 0 Å². The monoisotopic (exact) mass is 277 g/mol. The second kappa shape index (κ2) is 5.03. The van der Waals surface area contributed by atoms with Crippen LogP contribution < -0.4 is 9.47 Å². The molecule has 0 radical (unpaired) electrons. The predicted molar refractivity (Wildman–Crippen MR) is 69.1 cm³/mol. The molecule has 1 aromatic carbocycles. The number of benzene rings is 1. The number of ether oxygens (including phenoxy) is 2. The van der Waals surface area contributed by atoms with Gasteiger partial charge in [-0.05, 0) is 25.0 Å². The lowest BCUT2D eigenvalue weighted by atomic mass is 10.1. The number of rotatable bonds is 2. The summed E-state index contributed by atoms with van der Waals surface area (Å²) in [7, 11) is 0. The van der Waals surface area contributed by atoms with E-state index in [0.29, 0.717) is 49.7 Å². The van der Waals surface area contributed by atoms with Crippen molar-refractivity contribution in [3.05, 3.63) is 23.8 Å². The number of amides is 1. The van der Waals surface area contributed by atoms with Crippen molar-refractivity contribution in [3.63, 3.8) is 0 Å². The molecule has 0 aromatic heterocycles. The molecule has 0 bridgehead atoms. The van der Waals surface area contributed by atoms with Gasteiger partial charge in [-0.15, -0.1) is 0 Å². The Labute approximate surface area is 115 Å². The highest BCUT2D eigenvalue weighted by Gasteiger charge is 2.36. The van der Waals surface area contributed by atoms with Gasteiger partial charge in [0.2, 0.25) is 0 Å². The normalized spacial score (nSPS) is 20.8. The van der Waals surface area contributed by atoms with Crippen molar-refractivity contribution in [3.8, 4) is 11.5 Å². The van der Waals surface area contributed by atoms with Gasteiger partial charge >= 0.3 is 5.97 Å². The van der Waals surface area contributed by atoms with Gasteiger partial charge in [0.1, 0.15) is 19.3 Å². The molecule has 0 saturated carbocycles. The van der Waals surface area contributed by atoms with Gasteiger partial charge in [0.05, 0.1) is 5.56 Å². The minimum atomic E-state index is -0.960. The number of carbonyl (C=O) groups excluding carboxylic acids is 1. The molecule has 1 aromatic rings. The smallest absolute Gasteiger partial charge is 0.326 e. The van der Waals surface area contributed by atoms with Crippen LogP contribution in [0.15, 0.2) is 18.2 Å². The first kappa shape index (κ1) is 12.8. The molecule has 2 aliphatic rings. The van der Waals surface area contributed by atoms with Crippen LogP contribution in [-0.4, -0.2) is 47.7 Å². The predicted octanol–water partition coefficient (Wildman–Crippen LogP) is 1.15. The zero-order valence-electron chi connectivity index (χ0n) is 10.9. The molecule has 20 heavy (non-hydrogen) atoms. The maximum absolute atomic E-state index is 12.6. The Hall–Kier alpha value is -2.24. The van der Waals surface area contributed by atoms with Crippen molar-refractivity contribution in [1.82, 2.24) is 4.90 Å². The van der Waals surface area contributed by atoms with Gasteiger partial charge in [-0.1, -0.05) is 6.07 Å². The van der Waals surface area contributed by atoms with Crippen LogP contribution in [0.25, 0.3) is 0 Å². The van der Waals surface area contributed by atoms with E-state index in [0.717, 1.165) is 0 Å². The van der Waals surface area contributed by atoms with Crippen molar-refractivity contribution in [2.24, 2.45) is 0 Å². The van der Waals surface area contributed by atoms with E-state index in [1.54, 1.807) is 18.2 Å². The van der Waals surface area contributed by atoms with Crippen LogP contribution >= 0.6 is 0 Å². The van der Waals surface area contributed by atoms with Gasteiger partial charge in [-0.25, -0.2) is 4.79 Å². The Bertz CT molecular complexity index is 556. The zero-order valence-corrected chi connectivity index (χ0v) is 10.9. The molecule has 1 fully saturated rings. The van der Waals surface area contributed by atoms with E-state index in [2.05, 4.69) is 0 Å². The molecule has 3 rings (SSSR count). The molecule has 2 heterocycles. The molecular formula is C14H15NO5. The van der Waals surface area contributed by atoms with Gasteiger partial charge < -0.3 is 19.5 Å². The third-order valence-electron chi connectivity index (χ3n) is 3.60. The molecule has 2 aliphatic heterocycles. The standard InChI is InChI=1S/C14H15NO5/c16-13(15-6-2-4-10(15)14(17)18)9-3-1-5-11-12(9)20-8-7-19-11/h1,3,5,10H,2,4,6-8H2,(H,17,18)/t10-/m0/s1. The summed E-state index contributed by atoms with van der Waals surface area (Å²) in [4.78, 5) is 25.1. The van der Waals surface area contributed by atoms with Gasteiger partial charge in [0.15, 0.2) is 11.5 Å². The van der Waals surface area contributed by atoms with Crippen LogP contribution in [0.5, 0.6) is 11.5 Å². The molecule has 1 saturated heterocycles.